The van der Waals surface area contributed by atoms with Crippen LogP contribution in [0.3, 0.4) is 0 Å². The monoisotopic (exact) mass is 739 g/mol. The molecular formula is C53H45N3O. The predicted octanol–water partition coefficient (Wildman–Crippen LogP) is 13.3. The maximum absolute atomic E-state index is 6.33. The minimum atomic E-state index is -0.296. The summed E-state index contributed by atoms with van der Waals surface area (Å²) in [6.07, 6.45) is 1.46. The summed E-state index contributed by atoms with van der Waals surface area (Å²) < 4.78 is 6.33. The van der Waals surface area contributed by atoms with E-state index in [-0.39, 0.29) is 17.5 Å². The zero-order chi connectivity index (χ0) is 38.7. The standard InChI is InChI=1S/C53H45N3O/c1-5-34(30-38-17-9-10-18-40(38)44-32-45-41-19-11-13-21-46(41)53(3,4)47(45)29-33(44)2)50-54-51(37-25-23-36(24-26-37)35-15-7-6-8-16-35)56-52(55-50)39-27-28-43-42-20-12-14-22-48(42)57-49(43)31-39/h6-29,31-32,34,51H,5,30H2,1-4H3,(H,54,55,56). The van der Waals surface area contributed by atoms with Crippen molar-refractivity contribution in [3.8, 4) is 33.4 Å². The van der Waals surface area contributed by atoms with E-state index >= 15 is 0 Å². The average Bonchev–Trinajstić information content (AvgIpc) is 3.74. The highest BCUT2D eigenvalue weighted by atomic mass is 16.3. The predicted molar refractivity (Wildman–Crippen MR) is 237 cm³/mol. The summed E-state index contributed by atoms with van der Waals surface area (Å²) in [7, 11) is 0. The van der Waals surface area contributed by atoms with Crippen LogP contribution in [-0.4, -0.2) is 11.7 Å². The van der Waals surface area contributed by atoms with E-state index in [1.807, 2.05) is 12.1 Å². The summed E-state index contributed by atoms with van der Waals surface area (Å²) >= 11 is 0. The molecule has 57 heavy (non-hydrogen) atoms. The van der Waals surface area contributed by atoms with Crippen molar-refractivity contribution in [1.29, 1.82) is 0 Å². The molecule has 0 amide bonds. The molecule has 1 aliphatic heterocycles. The third-order valence-electron chi connectivity index (χ3n) is 12.3. The molecule has 0 bridgehead atoms. The number of hydrogen-bond donors (Lipinski definition) is 1. The van der Waals surface area contributed by atoms with Gasteiger partial charge in [0, 0.05) is 27.7 Å². The van der Waals surface area contributed by atoms with E-state index in [0.29, 0.717) is 5.84 Å². The molecule has 0 fully saturated rings. The summed E-state index contributed by atoms with van der Waals surface area (Å²) in [6.45, 7) is 9.24. The first-order valence-electron chi connectivity index (χ1n) is 20.2. The molecule has 0 saturated carbocycles. The molecule has 4 nitrogen and oxygen atoms in total. The Bertz CT molecular complexity index is 2880. The lowest BCUT2D eigenvalue weighted by Gasteiger charge is -2.28. The normalized spacial score (nSPS) is 16.1. The van der Waals surface area contributed by atoms with Crippen LogP contribution in [0.15, 0.2) is 172 Å². The topological polar surface area (TPSA) is 49.9 Å². The molecule has 0 saturated heterocycles. The lowest BCUT2D eigenvalue weighted by Crippen LogP contribution is -2.38. The average molecular weight is 740 g/mol. The zero-order valence-corrected chi connectivity index (χ0v) is 32.9. The van der Waals surface area contributed by atoms with E-state index in [2.05, 4.69) is 179 Å². The van der Waals surface area contributed by atoms with Gasteiger partial charge in [-0.2, -0.15) is 0 Å². The third kappa shape index (κ3) is 6.08. The first kappa shape index (κ1) is 34.9. The van der Waals surface area contributed by atoms with Gasteiger partial charge in [0.05, 0.1) is 0 Å². The Labute approximate surface area is 334 Å². The fraction of sp³-hybridized carbons (Fsp3) is 0.170. The summed E-state index contributed by atoms with van der Waals surface area (Å²) in [5, 5.41) is 6.03. The maximum atomic E-state index is 6.33. The van der Waals surface area contributed by atoms with Crippen molar-refractivity contribution in [2.24, 2.45) is 15.9 Å². The Morgan fingerprint density at radius 2 is 1.30 bits per heavy atom. The van der Waals surface area contributed by atoms with E-state index in [9.17, 15) is 0 Å². The van der Waals surface area contributed by atoms with Crippen molar-refractivity contribution < 1.29 is 4.42 Å². The highest BCUT2D eigenvalue weighted by Crippen LogP contribution is 2.50. The van der Waals surface area contributed by atoms with E-state index < -0.39 is 0 Å². The maximum Gasteiger partial charge on any atom is 0.159 e. The molecule has 278 valence electrons. The van der Waals surface area contributed by atoms with Gasteiger partial charge in [-0.3, -0.25) is 0 Å². The van der Waals surface area contributed by atoms with Crippen LogP contribution in [-0.2, 0) is 11.8 Å². The van der Waals surface area contributed by atoms with Crippen LogP contribution in [0.5, 0.6) is 0 Å². The number of rotatable bonds is 8. The Hall–Kier alpha value is -6.52. The van der Waals surface area contributed by atoms with Gasteiger partial charge < -0.3 is 9.73 Å². The van der Waals surface area contributed by atoms with Crippen molar-refractivity contribution in [3.05, 3.63) is 191 Å². The van der Waals surface area contributed by atoms with Gasteiger partial charge >= 0.3 is 0 Å². The molecule has 2 aliphatic rings. The minimum Gasteiger partial charge on any atom is -0.456 e. The molecule has 2 atom stereocenters. The van der Waals surface area contributed by atoms with E-state index in [0.717, 1.165) is 51.7 Å². The molecule has 4 heteroatoms. The Morgan fingerprint density at radius 1 is 0.614 bits per heavy atom. The molecule has 7 aromatic carbocycles. The number of nitrogens with zero attached hydrogens (tertiary/aromatic N) is 2. The Balaban J connectivity index is 1.03. The Morgan fingerprint density at radius 3 is 2.12 bits per heavy atom. The van der Waals surface area contributed by atoms with Crippen molar-refractivity contribution in [1.82, 2.24) is 5.32 Å². The van der Waals surface area contributed by atoms with Gasteiger partial charge in [0.1, 0.15) is 23.2 Å². The van der Waals surface area contributed by atoms with E-state index in [4.69, 9.17) is 14.4 Å². The van der Waals surface area contributed by atoms with Gasteiger partial charge in [0.25, 0.3) is 0 Å². The minimum absolute atomic E-state index is 0.0283. The molecule has 10 rings (SSSR count). The van der Waals surface area contributed by atoms with Gasteiger partial charge in [-0.25, -0.2) is 9.98 Å². The smallest absolute Gasteiger partial charge is 0.159 e. The third-order valence-corrected chi connectivity index (χ3v) is 12.3. The van der Waals surface area contributed by atoms with Crippen molar-refractivity contribution in [3.63, 3.8) is 0 Å². The van der Waals surface area contributed by atoms with Gasteiger partial charge in [-0.15, -0.1) is 0 Å². The van der Waals surface area contributed by atoms with Crippen molar-refractivity contribution in [2.45, 2.75) is 52.1 Å². The number of amidine groups is 2. The van der Waals surface area contributed by atoms with E-state index in [1.54, 1.807) is 0 Å². The first-order chi connectivity index (χ1) is 27.9. The fourth-order valence-electron chi connectivity index (χ4n) is 9.14. The number of furan rings is 1. The number of para-hydroxylation sites is 1. The molecule has 1 aromatic heterocycles. The highest BCUT2D eigenvalue weighted by Gasteiger charge is 2.36. The highest BCUT2D eigenvalue weighted by molar-refractivity contribution is 6.12. The molecule has 1 aliphatic carbocycles. The molecule has 2 unspecified atom stereocenters. The van der Waals surface area contributed by atoms with Crippen LogP contribution < -0.4 is 5.32 Å². The number of fused-ring (bicyclic) bond motifs is 6. The summed E-state index contributed by atoms with van der Waals surface area (Å²) in [5.41, 5.74) is 16.8. The number of nitrogens with one attached hydrogen (secondary N) is 1. The molecule has 0 spiro atoms. The fourth-order valence-corrected chi connectivity index (χ4v) is 9.14. The van der Waals surface area contributed by atoms with Crippen molar-refractivity contribution in [2.75, 3.05) is 0 Å². The first-order valence-corrected chi connectivity index (χ1v) is 20.2. The van der Waals surface area contributed by atoms with Gasteiger partial charge in [-0.1, -0.05) is 154 Å². The molecule has 1 N–H and O–H groups in total. The Kier molecular flexibility index (Phi) is 8.52. The molecule has 2 heterocycles. The zero-order valence-electron chi connectivity index (χ0n) is 32.9. The second kappa shape index (κ2) is 13.9. The van der Waals surface area contributed by atoms with Gasteiger partial charge in [0.15, 0.2) is 5.84 Å². The molecule has 0 radical (unpaired) electrons. The van der Waals surface area contributed by atoms with Crippen LogP contribution >= 0.6 is 0 Å². The summed E-state index contributed by atoms with van der Waals surface area (Å²) in [5.74, 6) is 1.80. The number of benzene rings is 7. The van der Waals surface area contributed by atoms with Gasteiger partial charge in [-0.05, 0) is 105 Å². The van der Waals surface area contributed by atoms with Crippen LogP contribution in [0.1, 0.15) is 66.7 Å². The second-order valence-electron chi connectivity index (χ2n) is 16.1. The van der Waals surface area contributed by atoms with Crippen LogP contribution in [0, 0.1) is 12.8 Å². The quantitative estimate of drug-likeness (QED) is 0.169. The number of aliphatic imine (C=N–C) groups is 2. The van der Waals surface area contributed by atoms with Gasteiger partial charge in [0.2, 0.25) is 0 Å². The second-order valence-corrected chi connectivity index (χ2v) is 16.1. The van der Waals surface area contributed by atoms with Crippen LogP contribution in [0.25, 0.3) is 55.3 Å². The lowest BCUT2D eigenvalue weighted by molar-refractivity contribution is 0.587. The van der Waals surface area contributed by atoms with Crippen LogP contribution in [0.4, 0.5) is 0 Å². The summed E-state index contributed by atoms with van der Waals surface area (Å²) in [6, 6.07) is 56.6. The largest absolute Gasteiger partial charge is 0.456 e. The van der Waals surface area contributed by atoms with Crippen LogP contribution in [0.2, 0.25) is 0 Å². The summed E-state index contributed by atoms with van der Waals surface area (Å²) in [4.78, 5) is 10.6. The molecular weight excluding hydrogens is 695 g/mol. The number of aryl methyl sites for hydroxylation is 1. The van der Waals surface area contributed by atoms with Crippen molar-refractivity contribution >= 4 is 33.6 Å². The SMILES string of the molecule is CCC(Cc1ccccc1-c1cc2c(cc1C)C(C)(C)c1ccccc1-2)C1=NC(c2ccc3c(c2)oc2ccccc23)=NC(c2ccc(-c3ccccc3)cc2)N1. The lowest BCUT2D eigenvalue weighted by atomic mass is 9.81. The molecule has 8 aromatic rings. The number of hydrogen-bond acceptors (Lipinski definition) is 4. The van der Waals surface area contributed by atoms with E-state index in [1.165, 1.54) is 55.6 Å².